The molecule has 68 valence electrons. The first-order valence-electron chi connectivity index (χ1n) is 3.67. The van der Waals surface area contributed by atoms with E-state index in [9.17, 15) is 8.78 Å². The molecule has 12 heavy (non-hydrogen) atoms. The second-order valence-electron chi connectivity index (χ2n) is 2.55. The Hall–Kier alpha value is -0.480. The van der Waals surface area contributed by atoms with Crippen molar-refractivity contribution < 1.29 is 8.78 Å². The summed E-state index contributed by atoms with van der Waals surface area (Å²) in [6.45, 7) is 1.91. The Morgan fingerprint density at radius 3 is 2.42 bits per heavy atom. The number of aryl methyl sites for hydroxylation is 1. The first kappa shape index (κ1) is 9.61. The van der Waals surface area contributed by atoms with E-state index in [1.54, 1.807) is 13.1 Å². The second-order valence-corrected chi connectivity index (χ2v) is 3.87. The summed E-state index contributed by atoms with van der Waals surface area (Å²) in [6, 6.07) is 2.78. The molecule has 1 unspecified atom stereocenters. The molecule has 0 radical (unpaired) electrons. The summed E-state index contributed by atoms with van der Waals surface area (Å²) in [5, 5.41) is 2.59. The van der Waals surface area contributed by atoms with Gasteiger partial charge >= 0.3 is 0 Å². The van der Waals surface area contributed by atoms with E-state index in [4.69, 9.17) is 0 Å². The van der Waals surface area contributed by atoms with Crippen LogP contribution in [0.15, 0.2) is 12.1 Å². The number of alkyl halides is 2. The van der Waals surface area contributed by atoms with Gasteiger partial charge in [-0.2, -0.15) is 0 Å². The van der Waals surface area contributed by atoms with Crippen molar-refractivity contribution in [2.45, 2.75) is 19.4 Å². The van der Waals surface area contributed by atoms with Crippen molar-refractivity contribution in [1.82, 2.24) is 5.32 Å². The second kappa shape index (κ2) is 3.96. The van der Waals surface area contributed by atoms with Crippen molar-refractivity contribution in [2.24, 2.45) is 0 Å². The average Bonchev–Trinajstić information content (AvgIpc) is 2.37. The van der Waals surface area contributed by atoms with E-state index in [-0.39, 0.29) is 0 Å². The Labute approximate surface area is 74.4 Å². The number of halogens is 2. The first-order valence-corrected chi connectivity index (χ1v) is 4.48. The van der Waals surface area contributed by atoms with Gasteiger partial charge < -0.3 is 5.32 Å². The van der Waals surface area contributed by atoms with E-state index in [1.807, 2.05) is 13.0 Å². The van der Waals surface area contributed by atoms with E-state index in [0.717, 1.165) is 4.88 Å². The van der Waals surface area contributed by atoms with Crippen LogP contribution in [-0.4, -0.2) is 13.5 Å². The average molecular weight is 191 g/mol. The van der Waals surface area contributed by atoms with Crippen molar-refractivity contribution >= 4 is 11.3 Å². The summed E-state index contributed by atoms with van der Waals surface area (Å²) in [4.78, 5) is 1.76. The van der Waals surface area contributed by atoms with Gasteiger partial charge in [0.2, 0.25) is 0 Å². The number of hydrogen-bond donors (Lipinski definition) is 1. The van der Waals surface area contributed by atoms with Crippen LogP contribution in [-0.2, 0) is 0 Å². The van der Waals surface area contributed by atoms with Crippen LogP contribution in [0.25, 0.3) is 0 Å². The van der Waals surface area contributed by atoms with Crippen molar-refractivity contribution in [3.05, 3.63) is 21.9 Å². The largest absolute Gasteiger partial charge is 0.308 e. The maximum absolute atomic E-state index is 12.3. The van der Waals surface area contributed by atoms with Crippen molar-refractivity contribution in [1.29, 1.82) is 0 Å². The normalized spacial score (nSPS) is 13.8. The molecule has 1 aromatic rings. The van der Waals surface area contributed by atoms with Gasteiger partial charge in [0, 0.05) is 9.75 Å². The lowest BCUT2D eigenvalue weighted by atomic mass is 10.2. The van der Waals surface area contributed by atoms with Gasteiger partial charge in [-0.3, -0.25) is 0 Å². The van der Waals surface area contributed by atoms with Gasteiger partial charge in [0.15, 0.2) is 0 Å². The zero-order chi connectivity index (χ0) is 9.14. The lowest BCUT2D eigenvalue weighted by molar-refractivity contribution is 0.104. The molecular weight excluding hydrogens is 180 g/mol. The zero-order valence-electron chi connectivity index (χ0n) is 6.97. The van der Waals surface area contributed by atoms with E-state index in [0.29, 0.717) is 4.88 Å². The Morgan fingerprint density at radius 2 is 2.08 bits per heavy atom. The van der Waals surface area contributed by atoms with Crippen molar-refractivity contribution in [2.75, 3.05) is 7.05 Å². The van der Waals surface area contributed by atoms with Crippen LogP contribution in [0, 0.1) is 6.92 Å². The summed E-state index contributed by atoms with van der Waals surface area (Å²) >= 11 is 1.41. The number of rotatable bonds is 3. The summed E-state index contributed by atoms with van der Waals surface area (Å²) < 4.78 is 24.7. The number of nitrogens with one attached hydrogen (secondary N) is 1. The summed E-state index contributed by atoms with van der Waals surface area (Å²) in [5.41, 5.74) is 0. The van der Waals surface area contributed by atoms with E-state index in [2.05, 4.69) is 5.32 Å². The smallest absolute Gasteiger partial charge is 0.258 e. The monoisotopic (exact) mass is 191 g/mol. The highest BCUT2D eigenvalue weighted by molar-refractivity contribution is 7.12. The minimum Gasteiger partial charge on any atom is -0.308 e. The molecule has 1 N–H and O–H groups in total. The van der Waals surface area contributed by atoms with Gasteiger partial charge in [0.05, 0.1) is 0 Å². The summed E-state index contributed by atoms with van der Waals surface area (Å²) in [7, 11) is 1.55. The van der Waals surface area contributed by atoms with Gasteiger partial charge in [-0.1, -0.05) is 0 Å². The van der Waals surface area contributed by atoms with Gasteiger partial charge in [-0.25, -0.2) is 8.78 Å². The predicted octanol–water partition coefficient (Wildman–Crippen LogP) is 2.58. The molecule has 1 heterocycles. The molecule has 0 saturated heterocycles. The molecule has 1 nitrogen and oxygen atoms in total. The molecule has 0 saturated carbocycles. The Kier molecular flexibility index (Phi) is 3.17. The Balaban J connectivity index is 2.80. The molecule has 0 spiro atoms. The minimum atomic E-state index is -2.34. The molecule has 0 aliphatic heterocycles. The quantitative estimate of drug-likeness (QED) is 0.774. The molecule has 1 rings (SSSR count). The maximum Gasteiger partial charge on any atom is 0.258 e. The summed E-state index contributed by atoms with van der Waals surface area (Å²) in [5.74, 6) is 0. The molecule has 0 fully saturated rings. The zero-order valence-corrected chi connectivity index (χ0v) is 7.79. The third kappa shape index (κ3) is 2.01. The molecule has 0 aromatic carbocycles. The third-order valence-corrected chi connectivity index (χ3v) is 2.71. The van der Waals surface area contributed by atoms with Crippen LogP contribution in [0.1, 0.15) is 15.8 Å². The molecule has 0 bridgehead atoms. The molecule has 1 aromatic heterocycles. The van der Waals surface area contributed by atoms with Crippen LogP contribution in [0.5, 0.6) is 0 Å². The maximum atomic E-state index is 12.3. The fraction of sp³-hybridized carbons (Fsp3) is 0.500. The highest BCUT2D eigenvalue weighted by atomic mass is 32.1. The summed E-state index contributed by atoms with van der Waals surface area (Å²) in [6.07, 6.45) is -2.34. The van der Waals surface area contributed by atoms with E-state index < -0.39 is 12.5 Å². The van der Waals surface area contributed by atoms with E-state index in [1.165, 1.54) is 11.3 Å². The van der Waals surface area contributed by atoms with Crippen molar-refractivity contribution in [3.63, 3.8) is 0 Å². The van der Waals surface area contributed by atoms with Gasteiger partial charge in [-0.15, -0.1) is 11.3 Å². The molecule has 4 heteroatoms. The van der Waals surface area contributed by atoms with Gasteiger partial charge in [0.25, 0.3) is 6.43 Å². The number of hydrogen-bond acceptors (Lipinski definition) is 2. The topological polar surface area (TPSA) is 12.0 Å². The van der Waals surface area contributed by atoms with Crippen LogP contribution < -0.4 is 5.32 Å². The fourth-order valence-corrected chi connectivity index (χ4v) is 2.00. The lowest BCUT2D eigenvalue weighted by Crippen LogP contribution is -2.22. The lowest BCUT2D eigenvalue weighted by Gasteiger charge is -2.12. The van der Waals surface area contributed by atoms with E-state index >= 15 is 0 Å². The van der Waals surface area contributed by atoms with Gasteiger partial charge in [0.1, 0.15) is 6.04 Å². The van der Waals surface area contributed by atoms with Crippen LogP contribution >= 0.6 is 11.3 Å². The van der Waals surface area contributed by atoms with Crippen LogP contribution in [0.3, 0.4) is 0 Å². The molecular formula is C8H11F2NS. The molecule has 0 amide bonds. The number of thiophene rings is 1. The van der Waals surface area contributed by atoms with Crippen molar-refractivity contribution in [3.8, 4) is 0 Å². The highest BCUT2D eigenvalue weighted by Crippen LogP contribution is 2.26. The Morgan fingerprint density at radius 1 is 1.42 bits per heavy atom. The molecule has 0 aliphatic carbocycles. The fourth-order valence-electron chi connectivity index (χ4n) is 1.01. The SMILES string of the molecule is CNC(c1ccc(C)s1)C(F)F. The predicted molar refractivity (Wildman–Crippen MR) is 46.9 cm³/mol. The molecule has 0 aliphatic rings. The van der Waals surface area contributed by atoms with Gasteiger partial charge in [-0.05, 0) is 26.1 Å². The van der Waals surface area contributed by atoms with Crippen LogP contribution in [0.2, 0.25) is 0 Å². The molecule has 1 atom stereocenters. The standard InChI is InChI=1S/C8H11F2NS/c1-5-3-4-6(12-5)7(11-2)8(9)10/h3-4,7-8,11H,1-2H3. The van der Waals surface area contributed by atoms with Crippen LogP contribution in [0.4, 0.5) is 8.78 Å². The first-order chi connectivity index (χ1) is 5.65. The minimum absolute atomic E-state index is 0.699. The highest BCUT2D eigenvalue weighted by Gasteiger charge is 2.21. The third-order valence-electron chi connectivity index (χ3n) is 1.63. The Bertz CT molecular complexity index is 247.